The van der Waals surface area contributed by atoms with Crippen molar-refractivity contribution in [2.45, 2.75) is 206 Å². The molecule has 45 heavy (non-hydrogen) atoms. The van der Waals surface area contributed by atoms with Crippen LogP contribution in [0, 0.1) is 0 Å². The van der Waals surface area contributed by atoms with E-state index in [1.54, 1.807) is 0 Å². The molecule has 3 nitrogen and oxygen atoms in total. The third-order valence-electron chi connectivity index (χ3n) is 9.63. The van der Waals surface area contributed by atoms with Crippen LogP contribution in [0.3, 0.4) is 0 Å². The zero-order valence-corrected chi connectivity index (χ0v) is 31.2. The summed E-state index contributed by atoms with van der Waals surface area (Å²) in [4.78, 5) is 2.29. The van der Waals surface area contributed by atoms with Crippen LogP contribution in [-0.2, 0) is 0 Å². The molecular formula is C42H81N3. The normalized spacial score (nSPS) is 18.5. The Labute approximate surface area is 284 Å². The topological polar surface area (TPSA) is 18.3 Å². The molecule has 0 saturated carbocycles. The number of nitrogens with zero attached hydrogens (tertiary/aromatic N) is 2. The lowest BCUT2D eigenvalue weighted by Gasteiger charge is -2.12. The minimum Gasteiger partial charge on any atom is -0.308 e. The van der Waals surface area contributed by atoms with Crippen LogP contribution in [0.15, 0.2) is 36.5 Å². The summed E-state index contributed by atoms with van der Waals surface area (Å²) in [7, 11) is 4.35. The van der Waals surface area contributed by atoms with Crippen LogP contribution in [0.2, 0.25) is 0 Å². The SMILES string of the molecule is CCCCC/C=C\C/C=C\CCCCCCCCC1C(CCCCCCCC/C=C\CCCCCCCC)N1NCCN(C)C. The minimum absolute atomic E-state index is 0.793. The van der Waals surface area contributed by atoms with E-state index in [0.717, 1.165) is 31.6 Å². The Balaban J connectivity index is 2.02. The number of nitrogens with one attached hydrogen (secondary N) is 1. The largest absolute Gasteiger partial charge is 0.308 e. The van der Waals surface area contributed by atoms with Crippen molar-refractivity contribution in [2.75, 3.05) is 27.2 Å². The number of hydrogen-bond donors (Lipinski definition) is 1. The zero-order valence-electron chi connectivity index (χ0n) is 31.2. The molecule has 0 bridgehead atoms. The summed E-state index contributed by atoms with van der Waals surface area (Å²) in [6.45, 7) is 6.77. The lowest BCUT2D eigenvalue weighted by molar-refractivity contribution is 0.301. The van der Waals surface area contributed by atoms with E-state index >= 15 is 0 Å². The van der Waals surface area contributed by atoms with E-state index in [2.05, 4.69) is 79.7 Å². The first-order chi connectivity index (χ1) is 22.2. The fourth-order valence-electron chi connectivity index (χ4n) is 6.58. The average Bonchev–Trinajstić information content (AvgIpc) is 3.70. The number of rotatable bonds is 35. The highest BCUT2D eigenvalue weighted by atomic mass is 15.6. The van der Waals surface area contributed by atoms with Gasteiger partial charge in [0.25, 0.3) is 0 Å². The highest BCUT2D eigenvalue weighted by Crippen LogP contribution is 2.34. The van der Waals surface area contributed by atoms with Gasteiger partial charge in [0.05, 0.1) is 0 Å². The third kappa shape index (κ3) is 27.9. The Bertz CT molecular complexity index is 681. The van der Waals surface area contributed by atoms with Gasteiger partial charge < -0.3 is 4.90 Å². The van der Waals surface area contributed by atoms with Crippen LogP contribution >= 0.6 is 0 Å². The molecule has 0 aromatic rings. The van der Waals surface area contributed by atoms with Crippen molar-refractivity contribution in [3.63, 3.8) is 0 Å². The first-order valence-corrected chi connectivity index (χ1v) is 20.3. The summed E-state index contributed by atoms with van der Waals surface area (Å²) in [5.41, 5.74) is 3.77. The smallest absolute Gasteiger partial charge is 0.0417 e. The predicted octanol–water partition coefficient (Wildman–Crippen LogP) is 12.7. The molecule has 3 unspecified atom stereocenters. The van der Waals surface area contributed by atoms with Gasteiger partial charge in [-0.2, -0.15) is 0 Å². The highest BCUT2D eigenvalue weighted by Gasteiger charge is 2.45. The Morgan fingerprint density at radius 3 is 1.27 bits per heavy atom. The zero-order chi connectivity index (χ0) is 32.5. The molecule has 0 amide bonds. The fraction of sp³-hybridized carbons (Fsp3) is 0.857. The molecule has 3 heteroatoms. The second-order valence-electron chi connectivity index (χ2n) is 14.4. The maximum absolute atomic E-state index is 3.77. The second kappa shape index (κ2) is 33.0. The molecule has 264 valence electrons. The maximum atomic E-state index is 3.77. The molecule has 0 aliphatic carbocycles. The molecule has 0 aromatic heterocycles. The van der Waals surface area contributed by atoms with Gasteiger partial charge in [0.2, 0.25) is 0 Å². The van der Waals surface area contributed by atoms with Gasteiger partial charge in [0.1, 0.15) is 0 Å². The van der Waals surface area contributed by atoms with E-state index in [1.807, 2.05) is 0 Å². The fourth-order valence-corrected chi connectivity index (χ4v) is 6.58. The number of hydrazine groups is 1. The van der Waals surface area contributed by atoms with Crippen molar-refractivity contribution in [3.05, 3.63) is 36.5 Å². The first kappa shape index (κ1) is 42.1. The molecule has 1 aliphatic rings. The van der Waals surface area contributed by atoms with Gasteiger partial charge in [-0.05, 0) is 84.7 Å². The molecule has 1 saturated heterocycles. The monoisotopic (exact) mass is 628 g/mol. The molecule has 0 aromatic carbocycles. The van der Waals surface area contributed by atoms with Gasteiger partial charge in [-0.25, -0.2) is 5.01 Å². The van der Waals surface area contributed by atoms with Gasteiger partial charge >= 0.3 is 0 Å². The van der Waals surface area contributed by atoms with E-state index in [0.29, 0.717) is 0 Å². The Hall–Kier alpha value is -0.900. The first-order valence-electron chi connectivity index (χ1n) is 20.3. The van der Waals surface area contributed by atoms with Crippen molar-refractivity contribution in [1.29, 1.82) is 0 Å². The predicted molar refractivity (Wildman–Crippen MR) is 204 cm³/mol. The van der Waals surface area contributed by atoms with E-state index in [1.165, 1.54) is 173 Å². The van der Waals surface area contributed by atoms with Crippen molar-refractivity contribution >= 4 is 0 Å². The highest BCUT2D eigenvalue weighted by molar-refractivity contribution is 4.99. The van der Waals surface area contributed by atoms with Gasteiger partial charge in [-0.15, -0.1) is 0 Å². The van der Waals surface area contributed by atoms with Crippen molar-refractivity contribution in [3.8, 4) is 0 Å². The van der Waals surface area contributed by atoms with E-state index < -0.39 is 0 Å². The van der Waals surface area contributed by atoms with Gasteiger partial charge in [0.15, 0.2) is 0 Å². The lowest BCUT2D eigenvalue weighted by atomic mass is 10.0. The van der Waals surface area contributed by atoms with Crippen LogP contribution in [0.25, 0.3) is 0 Å². The maximum Gasteiger partial charge on any atom is 0.0417 e. The van der Waals surface area contributed by atoms with E-state index in [-0.39, 0.29) is 0 Å². The van der Waals surface area contributed by atoms with Crippen LogP contribution in [0.1, 0.15) is 194 Å². The van der Waals surface area contributed by atoms with Gasteiger partial charge in [-0.1, -0.05) is 159 Å². The number of likely N-dealkylation sites (N-methyl/N-ethyl adjacent to an activating group) is 1. The number of allylic oxidation sites excluding steroid dienone is 6. The molecule has 0 spiro atoms. The third-order valence-corrected chi connectivity index (χ3v) is 9.63. The summed E-state index contributed by atoms with van der Waals surface area (Å²) in [6, 6.07) is 1.59. The van der Waals surface area contributed by atoms with E-state index in [4.69, 9.17) is 0 Å². The minimum atomic E-state index is 0.793. The Morgan fingerprint density at radius 2 is 0.822 bits per heavy atom. The summed E-state index contributed by atoms with van der Waals surface area (Å²) in [6.07, 6.45) is 52.8. The van der Waals surface area contributed by atoms with Crippen molar-refractivity contribution in [2.24, 2.45) is 0 Å². The lowest BCUT2D eigenvalue weighted by Crippen LogP contribution is -2.32. The summed E-state index contributed by atoms with van der Waals surface area (Å²) in [5.74, 6) is 0. The molecule has 3 atom stereocenters. The molecule has 1 aliphatic heterocycles. The summed E-state index contributed by atoms with van der Waals surface area (Å²) < 4.78 is 0. The van der Waals surface area contributed by atoms with Gasteiger partial charge in [0, 0.05) is 25.2 Å². The van der Waals surface area contributed by atoms with Crippen LogP contribution in [0.5, 0.6) is 0 Å². The van der Waals surface area contributed by atoms with Crippen LogP contribution in [-0.4, -0.2) is 49.2 Å². The molecule has 1 fully saturated rings. The van der Waals surface area contributed by atoms with Gasteiger partial charge in [-0.3, -0.25) is 5.43 Å². The molecule has 0 radical (unpaired) electrons. The molecule has 1 heterocycles. The number of unbranched alkanes of at least 4 members (excludes halogenated alkanes) is 21. The van der Waals surface area contributed by atoms with Crippen LogP contribution < -0.4 is 5.43 Å². The van der Waals surface area contributed by atoms with Crippen molar-refractivity contribution < 1.29 is 0 Å². The van der Waals surface area contributed by atoms with Crippen LogP contribution in [0.4, 0.5) is 0 Å². The quantitative estimate of drug-likeness (QED) is 0.0428. The standard InChI is InChI=1S/C42H81N3/c1-5-7-9-11-13-15-17-19-21-23-25-27-29-31-33-35-37-41-42(45(41)43-39-40-44(3)4)38-36-34-32-30-28-26-24-22-20-18-16-14-12-10-8-6-2/h13,15,19-22,41-43H,5-12,14,16-18,23-40H2,1-4H3/b15-13-,21-19-,22-20-. The Kier molecular flexibility index (Phi) is 30.9. The van der Waals surface area contributed by atoms with E-state index in [9.17, 15) is 0 Å². The van der Waals surface area contributed by atoms with Crippen molar-refractivity contribution in [1.82, 2.24) is 15.3 Å². The molecular weight excluding hydrogens is 546 g/mol. The molecule has 1 rings (SSSR count). The number of hydrogen-bond acceptors (Lipinski definition) is 3. The summed E-state index contributed by atoms with van der Waals surface area (Å²) in [5, 5.41) is 2.62. The summed E-state index contributed by atoms with van der Waals surface area (Å²) >= 11 is 0. The average molecular weight is 628 g/mol. The second-order valence-corrected chi connectivity index (χ2v) is 14.4. The Morgan fingerprint density at radius 1 is 0.467 bits per heavy atom. The molecule has 1 N–H and O–H groups in total.